The Balaban J connectivity index is 2.54. The Kier molecular flexibility index (Phi) is 4.20. The summed E-state index contributed by atoms with van der Waals surface area (Å²) in [5, 5.41) is 5.20. The van der Waals surface area contributed by atoms with Crippen LogP contribution in [0.25, 0.3) is 10.8 Å². The van der Waals surface area contributed by atoms with Crippen molar-refractivity contribution in [1.82, 2.24) is 0 Å². The maximum absolute atomic E-state index is 11.6. The topological polar surface area (TPSA) is 38.3 Å². The SMILES string of the molecule is CCOc1ccc2ccccc2c1NC(=O)CBr. The van der Waals surface area contributed by atoms with Gasteiger partial charge in [-0.1, -0.05) is 46.3 Å². The van der Waals surface area contributed by atoms with Crippen LogP contribution in [-0.2, 0) is 4.79 Å². The van der Waals surface area contributed by atoms with E-state index in [4.69, 9.17) is 4.74 Å². The fourth-order valence-corrected chi connectivity index (χ4v) is 1.97. The molecule has 0 saturated heterocycles. The van der Waals surface area contributed by atoms with Crippen LogP contribution < -0.4 is 10.1 Å². The number of nitrogens with one attached hydrogen (secondary N) is 1. The average Bonchev–Trinajstić information content (AvgIpc) is 2.41. The van der Waals surface area contributed by atoms with Gasteiger partial charge in [0.15, 0.2) is 0 Å². The van der Waals surface area contributed by atoms with Crippen LogP contribution in [0.5, 0.6) is 5.75 Å². The third-order valence-electron chi connectivity index (χ3n) is 2.58. The molecule has 2 aromatic rings. The lowest BCUT2D eigenvalue weighted by atomic mass is 10.1. The zero-order chi connectivity index (χ0) is 13.0. The van der Waals surface area contributed by atoms with Gasteiger partial charge in [0.05, 0.1) is 17.6 Å². The third kappa shape index (κ3) is 2.64. The van der Waals surface area contributed by atoms with Gasteiger partial charge in [-0.05, 0) is 18.4 Å². The molecule has 18 heavy (non-hydrogen) atoms. The molecular weight excluding hydrogens is 294 g/mol. The van der Waals surface area contributed by atoms with E-state index in [9.17, 15) is 4.79 Å². The van der Waals surface area contributed by atoms with Crippen molar-refractivity contribution in [2.24, 2.45) is 0 Å². The lowest BCUT2D eigenvalue weighted by Gasteiger charge is -2.13. The summed E-state index contributed by atoms with van der Waals surface area (Å²) in [6.07, 6.45) is 0. The van der Waals surface area contributed by atoms with Crippen molar-refractivity contribution in [2.45, 2.75) is 6.92 Å². The molecule has 0 radical (unpaired) electrons. The minimum atomic E-state index is -0.0905. The summed E-state index contributed by atoms with van der Waals surface area (Å²) in [7, 11) is 0. The molecule has 0 bridgehead atoms. The molecule has 0 saturated carbocycles. The molecule has 0 unspecified atom stereocenters. The van der Waals surface area contributed by atoms with Crippen LogP contribution in [0.2, 0.25) is 0 Å². The van der Waals surface area contributed by atoms with Crippen molar-refractivity contribution in [2.75, 3.05) is 17.3 Å². The summed E-state index contributed by atoms with van der Waals surface area (Å²) in [6, 6.07) is 11.8. The number of ether oxygens (including phenoxy) is 1. The standard InChI is InChI=1S/C14H14BrNO2/c1-2-18-12-8-7-10-5-3-4-6-11(10)14(12)16-13(17)9-15/h3-8H,2,9H2,1H3,(H,16,17). The first kappa shape index (κ1) is 12.9. The Bertz CT molecular complexity index is 569. The quantitative estimate of drug-likeness (QED) is 0.877. The number of amides is 1. The molecule has 0 atom stereocenters. The maximum atomic E-state index is 11.6. The molecule has 1 N–H and O–H groups in total. The van der Waals surface area contributed by atoms with E-state index in [-0.39, 0.29) is 11.2 Å². The fourth-order valence-electron chi connectivity index (χ4n) is 1.83. The lowest BCUT2D eigenvalue weighted by Crippen LogP contribution is -2.13. The van der Waals surface area contributed by atoms with Crippen LogP contribution in [-0.4, -0.2) is 17.8 Å². The first-order valence-corrected chi connectivity index (χ1v) is 6.88. The van der Waals surface area contributed by atoms with Crippen LogP contribution in [0.15, 0.2) is 36.4 Å². The van der Waals surface area contributed by atoms with Crippen LogP contribution in [0.3, 0.4) is 0 Å². The van der Waals surface area contributed by atoms with Crippen molar-refractivity contribution in [3.63, 3.8) is 0 Å². The van der Waals surface area contributed by atoms with Gasteiger partial charge in [-0.3, -0.25) is 4.79 Å². The van der Waals surface area contributed by atoms with Crippen molar-refractivity contribution >= 4 is 38.3 Å². The molecule has 4 heteroatoms. The monoisotopic (exact) mass is 307 g/mol. The number of anilines is 1. The van der Waals surface area contributed by atoms with Crippen LogP contribution in [0.4, 0.5) is 5.69 Å². The van der Waals surface area contributed by atoms with Gasteiger partial charge in [0, 0.05) is 5.39 Å². The van der Waals surface area contributed by atoms with Crippen LogP contribution in [0.1, 0.15) is 6.92 Å². The number of rotatable bonds is 4. The van der Waals surface area contributed by atoms with Crippen molar-refractivity contribution in [3.05, 3.63) is 36.4 Å². The van der Waals surface area contributed by atoms with Crippen LogP contribution in [0, 0.1) is 0 Å². The molecule has 0 spiro atoms. The van der Waals surface area contributed by atoms with E-state index in [1.165, 1.54) is 0 Å². The molecule has 2 aromatic carbocycles. The second-order valence-corrected chi connectivity index (χ2v) is 4.34. The number of carbonyl (C=O) groups is 1. The van der Waals surface area contributed by atoms with Gasteiger partial charge in [-0.2, -0.15) is 0 Å². The lowest BCUT2D eigenvalue weighted by molar-refractivity contribution is -0.113. The Hall–Kier alpha value is -1.55. The average molecular weight is 308 g/mol. The third-order valence-corrected chi connectivity index (χ3v) is 3.09. The number of benzene rings is 2. The predicted molar refractivity (Wildman–Crippen MR) is 77.5 cm³/mol. The molecule has 0 aliphatic rings. The van der Waals surface area contributed by atoms with Gasteiger partial charge < -0.3 is 10.1 Å². The Morgan fingerprint density at radius 2 is 2.06 bits per heavy atom. The number of fused-ring (bicyclic) bond motifs is 1. The van der Waals surface area contributed by atoms with Crippen molar-refractivity contribution in [1.29, 1.82) is 0 Å². The van der Waals surface area contributed by atoms with E-state index < -0.39 is 0 Å². The minimum Gasteiger partial charge on any atom is -0.492 e. The summed E-state index contributed by atoms with van der Waals surface area (Å²) in [5.74, 6) is 0.609. The molecule has 0 fully saturated rings. The Labute approximate surface area is 114 Å². The molecular formula is C14H14BrNO2. The molecule has 2 rings (SSSR count). The summed E-state index contributed by atoms with van der Waals surface area (Å²) >= 11 is 3.15. The summed E-state index contributed by atoms with van der Waals surface area (Å²) < 4.78 is 5.56. The second-order valence-electron chi connectivity index (χ2n) is 3.77. The molecule has 1 amide bonds. The molecule has 3 nitrogen and oxygen atoms in total. The zero-order valence-corrected chi connectivity index (χ0v) is 11.7. The highest BCUT2D eigenvalue weighted by molar-refractivity contribution is 9.09. The maximum Gasteiger partial charge on any atom is 0.235 e. The second kappa shape index (κ2) is 5.87. The number of carbonyl (C=O) groups excluding carboxylic acids is 1. The number of hydrogen-bond acceptors (Lipinski definition) is 2. The van der Waals surface area contributed by atoms with Gasteiger partial charge in [-0.25, -0.2) is 0 Å². The normalized spacial score (nSPS) is 10.3. The van der Waals surface area contributed by atoms with E-state index in [0.717, 1.165) is 16.5 Å². The summed E-state index contributed by atoms with van der Waals surface area (Å²) in [4.78, 5) is 11.6. The highest BCUT2D eigenvalue weighted by Gasteiger charge is 2.10. The van der Waals surface area contributed by atoms with E-state index in [1.807, 2.05) is 43.3 Å². The summed E-state index contributed by atoms with van der Waals surface area (Å²) in [6.45, 7) is 2.49. The van der Waals surface area contributed by atoms with Gasteiger partial charge in [-0.15, -0.1) is 0 Å². The van der Waals surface area contributed by atoms with E-state index in [2.05, 4.69) is 21.2 Å². The van der Waals surface area contributed by atoms with Crippen molar-refractivity contribution < 1.29 is 9.53 Å². The molecule has 0 aliphatic heterocycles. The first-order valence-electron chi connectivity index (χ1n) is 5.76. The van der Waals surface area contributed by atoms with Gasteiger partial charge in [0.25, 0.3) is 0 Å². The smallest absolute Gasteiger partial charge is 0.235 e. The number of alkyl halides is 1. The number of halogens is 1. The predicted octanol–water partition coefficient (Wildman–Crippen LogP) is 3.57. The summed E-state index contributed by atoms with van der Waals surface area (Å²) in [5.41, 5.74) is 0.736. The molecule has 94 valence electrons. The van der Waals surface area contributed by atoms with E-state index in [1.54, 1.807) is 0 Å². The molecule has 0 aliphatic carbocycles. The largest absolute Gasteiger partial charge is 0.492 e. The van der Waals surface area contributed by atoms with Gasteiger partial charge in [0.1, 0.15) is 5.75 Å². The van der Waals surface area contributed by atoms with Gasteiger partial charge >= 0.3 is 0 Å². The zero-order valence-electron chi connectivity index (χ0n) is 10.1. The van der Waals surface area contributed by atoms with Crippen LogP contribution >= 0.6 is 15.9 Å². The Morgan fingerprint density at radius 1 is 1.28 bits per heavy atom. The Morgan fingerprint density at radius 3 is 2.78 bits per heavy atom. The first-order chi connectivity index (χ1) is 8.76. The van der Waals surface area contributed by atoms with Crippen molar-refractivity contribution in [3.8, 4) is 5.75 Å². The highest BCUT2D eigenvalue weighted by Crippen LogP contribution is 2.33. The molecule has 0 heterocycles. The molecule has 0 aromatic heterocycles. The highest BCUT2D eigenvalue weighted by atomic mass is 79.9. The van der Waals surface area contributed by atoms with E-state index >= 15 is 0 Å². The number of hydrogen-bond donors (Lipinski definition) is 1. The van der Waals surface area contributed by atoms with E-state index in [0.29, 0.717) is 12.4 Å². The minimum absolute atomic E-state index is 0.0905. The van der Waals surface area contributed by atoms with Gasteiger partial charge in [0.2, 0.25) is 5.91 Å². The fraction of sp³-hybridized carbons (Fsp3) is 0.214.